The van der Waals surface area contributed by atoms with Crippen LogP contribution in [0.25, 0.3) is 0 Å². The molecule has 1 aromatic carbocycles. The van der Waals surface area contributed by atoms with Gasteiger partial charge in [-0.2, -0.15) is 5.10 Å². The van der Waals surface area contributed by atoms with Crippen molar-refractivity contribution in [2.24, 2.45) is 5.10 Å². The summed E-state index contributed by atoms with van der Waals surface area (Å²) >= 11 is 0. The number of ether oxygens (including phenoxy) is 1. The summed E-state index contributed by atoms with van der Waals surface area (Å²) in [6.45, 7) is 1.49. The Kier molecular flexibility index (Phi) is 2.88. The highest BCUT2D eigenvalue weighted by atomic mass is 16.5. The largest absolute Gasteiger partial charge is 0.493 e. The van der Waals surface area contributed by atoms with Crippen LogP contribution in [0.1, 0.15) is 18.4 Å². The van der Waals surface area contributed by atoms with E-state index in [2.05, 4.69) is 15.8 Å². The van der Waals surface area contributed by atoms with Crippen molar-refractivity contribution in [3.05, 3.63) is 23.8 Å². The van der Waals surface area contributed by atoms with E-state index in [9.17, 15) is 4.79 Å². The first-order valence-corrected chi connectivity index (χ1v) is 6.19. The molecule has 2 heterocycles. The van der Waals surface area contributed by atoms with Crippen molar-refractivity contribution in [1.29, 1.82) is 0 Å². The smallest absolute Gasteiger partial charge is 0.267 e. The van der Waals surface area contributed by atoms with Gasteiger partial charge in [0.2, 0.25) is 0 Å². The highest BCUT2D eigenvalue weighted by molar-refractivity contribution is 6.39. The molecule has 3 rings (SSSR count). The monoisotopic (exact) mass is 245 g/mol. The first kappa shape index (κ1) is 11.1. The molecule has 0 aliphatic carbocycles. The lowest BCUT2D eigenvalue weighted by atomic mass is 10.1. The highest BCUT2D eigenvalue weighted by Gasteiger charge is 2.16. The summed E-state index contributed by atoms with van der Waals surface area (Å²) in [6, 6.07) is 5.87. The van der Waals surface area contributed by atoms with Crippen molar-refractivity contribution in [2.75, 3.05) is 18.6 Å². The number of anilines is 1. The first-order valence-electron chi connectivity index (χ1n) is 6.19. The molecule has 2 aliphatic rings. The molecule has 5 nitrogen and oxygen atoms in total. The Balaban J connectivity index is 1.73. The van der Waals surface area contributed by atoms with Gasteiger partial charge in [0.15, 0.2) is 0 Å². The maximum Gasteiger partial charge on any atom is 0.267 e. The zero-order valence-corrected chi connectivity index (χ0v) is 10.0. The van der Waals surface area contributed by atoms with Crippen LogP contribution in [-0.2, 0) is 11.2 Å². The number of carbonyl (C=O) groups excluding carboxylic acids is 1. The van der Waals surface area contributed by atoms with Crippen LogP contribution in [0.5, 0.6) is 5.75 Å². The fraction of sp³-hybridized carbons (Fsp3) is 0.385. The highest BCUT2D eigenvalue weighted by Crippen LogP contribution is 2.27. The quantitative estimate of drug-likeness (QED) is 0.772. The van der Waals surface area contributed by atoms with E-state index < -0.39 is 0 Å². The normalized spacial score (nSPS) is 20.2. The molecule has 2 aliphatic heterocycles. The van der Waals surface area contributed by atoms with E-state index in [1.165, 1.54) is 5.56 Å². The molecule has 0 radical (unpaired) electrons. The van der Waals surface area contributed by atoms with Gasteiger partial charge in [0.1, 0.15) is 11.5 Å². The number of carbonyl (C=O) groups is 1. The Hall–Kier alpha value is -2.04. The summed E-state index contributed by atoms with van der Waals surface area (Å²) in [6.07, 6.45) is 2.61. The number of benzene rings is 1. The second kappa shape index (κ2) is 4.68. The first-order chi connectivity index (χ1) is 8.83. The number of nitrogens with zero attached hydrogens (tertiary/aromatic N) is 1. The van der Waals surface area contributed by atoms with Gasteiger partial charge in [-0.25, -0.2) is 0 Å². The van der Waals surface area contributed by atoms with E-state index >= 15 is 0 Å². The topological polar surface area (TPSA) is 62.7 Å². The van der Waals surface area contributed by atoms with Crippen LogP contribution in [0.2, 0.25) is 0 Å². The predicted molar refractivity (Wildman–Crippen MR) is 68.9 cm³/mol. The second-order valence-electron chi connectivity index (χ2n) is 4.45. The molecule has 0 atom stereocenters. The van der Waals surface area contributed by atoms with Crippen molar-refractivity contribution in [3.63, 3.8) is 0 Å². The van der Waals surface area contributed by atoms with Crippen molar-refractivity contribution in [1.82, 2.24) is 5.32 Å². The molecule has 94 valence electrons. The maximum absolute atomic E-state index is 11.5. The molecule has 0 spiro atoms. The number of hydrogen-bond donors (Lipinski definition) is 2. The fourth-order valence-corrected chi connectivity index (χ4v) is 2.17. The van der Waals surface area contributed by atoms with Gasteiger partial charge in [-0.1, -0.05) is 0 Å². The SMILES string of the molecule is O=C1NCCC/C1=N\Nc1ccc2c(c1)CCO2. The van der Waals surface area contributed by atoms with Gasteiger partial charge in [0, 0.05) is 13.0 Å². The van der Waals surface area contributed by atoms with Gasteiger partial charge in [0.25, 0.3) is 5.91 Å². The molecule has 1 aromatic rings. The number of amides is 1. The standard InChI is InChI=1S/C13H15N3O2/c17-13-11(2-1-6-14-13)16-15-10-3-4-12-9(8-10)5-7-18-12/h3-4,8,15H,1-2,5-7H2,(H,14,17)/b16-11+. The average molecular weight is 245 g/mol. The predicted octanol–water partition coefficient (Wildman–Crippen LogP) is 1.30. The molecule has 1 fully saturated rings. The second-order valence-corrected chi connectivity index (χ2v) is 4.45. The van der Waals surface area contributed by atoms with Gasteiger partial charge in [0.05, 0.1) is 12.3 Å². The number of hydrazone groups is 1. The van der Waals surface area contributed by atoms with Crippen molar-refractivity contribution in [3.8, 4) is 5.75 Å². The van der Waals surface area contributed by atoms with E-state index in [-0.39, 0.29) is 5.91 Å². The Morgan fingerprint density at radius 1 is 1.33 bits per heavy atom. The van der Waals surface area contributed by atoms with E-state index in [1.54, 1.807) is 0 Å². The summed E-state index contributed by atoms with van der Waals surface area (Å²) < 4.78 is 5.44. The van der Waals surface area contributed by atoms with Crippen molar-refractivity contribution in [2.45, 2.75) is 19.3 Å². The zero-order valence-electron chi connectivity index (χ0n) is 10.0. The van der Waals surface area contributed by atoms with Crippen LogP contribution >= 0.6 is 0 Å². The van der Waals surface area contributed by atoms with Crippen LogP contribution in [0.15, 0.2) is 23.3 Å². The summed E-state index contributed by atoms with van der Waals surface area (Å²) in [7, 11) is 0. The minimum Gasteiger partial charge on any atom is -0.493 e. The summed E-state index contributed by atoms with van der Waals surface area (Å²) in [5, 5.41) is 6.95. The van der Waals surface area contributed by atoms with Crippen LogP contribution in [0.4, 0.5) is 5.69 Å². The van der Waals surface area contributed by atoms with Crippen molar-refractivity contribution >= 4 is 17.3 Å². The summed E-state index contributed by atoms with van der Waals surface area (Å²) in [4.78, 5) is 11.5. The van der Waals surface area contributed by atoms with Crippen LogP contribution in [0, 0.1) is 0 Å². The number of rotatable bonds is 2. The van der Waals surface area contributed by atoms with Crippen LogP contribution in [-0.4, -0.2) is 24.8 Å². The van der Waals surface area contributed by atoms with Gasteiger partial charge in [-0.3, -0.25) is 10.2 Å². The number of nitrogens with one attached hydrogen (secondary N) is 2. The Bertz CT molecular complexity index is 511. The van der Waals surface area contributed by atoms with E-state index in [0.717, 1.165) is 43.9 Å². The number of hydrogen-bond acceptors (Lipinski definition) is 4. The molecule has 0 unspecified atom stereocenters. The van der Waals surface area contributed by atoms with E-state index in [0.29, 0.717) is 5.71 Å². The summed E-state index contributed by atoms with van der Waals surface area (Å²) in [5.74, 6) is 0.877. The molecule has 18 heavy (non-hydrogen) atoms. The van der Waals surface area contributed by atoms with Crippen LogP contribution < -0.4 is 15.5 Å². The molecule has 2 N–H and O–H groups in total. The van der Waals surface area contributed by atoms with Gasteiger partial charge in [-0.05, 0) is 36.6 Å². The molecule has 5 heteroatoms. The fourth-order valence-electron chi connectivity index (χ4n) is 2.17. The number of piperidine rings is 1. The molecule has 0 saturated carbocycles. The van der Waals surface area contributed by atoms with E-state index in [1.807, 2.05) is 18.2 Å². The molecular weight excluding hydrogens is 230 g/mol. The third-order valence-electron chi connectivity index (χ3n) is 3.15. The Morgan fingerprint density at radius 2 is 2.28 bits per heavy atom. The van der Waals surface area contributed by atoms with Gasteiger partial charge >= 0.3 is 0 Å². The van der Waals surface area contributed by atoms with Crippen LogP contribution in [0.3, 0.4) is 0 Å². The minimum absolute atomic E-state index is 0.0711. The molecule has 1 amide bonds. The molecule has 0 aromatic heterocycles. The zero-order chi connectivity index (χ0) is 12.4. The number of fused-ring (bicyclic) bond motifs is 1. The lowest BCUT2D eigenvalue weighted by Gasteiger charge is -2.13. The van der Waals surface area contributed by atoms with Crippen molar-refractivity contribution < 1.29 is 9.53 Å². The van der Waals surface area contributed by atoms with Gasteiger partial charge in [-0.15, -0.1) is 0 Å². The Labute approximate surface area is 105 Å². The van der Waals surface area contributed by atoms with E-state index in [4.69, 9.17) is 4.74 Å². The average Bonchev–Trinajstić information content (AvgIpc) is 2.85. The minimum atomic E-state index is -0.0711. The lowest BCUT2D eigenvalue weighted by molar-refractivity contribution is -0.115. The third kappa shape index (κ3) is 2.16. The molecule has 1 saturated heterocycles. The molecule has 0 bridgehead atoms. The maximum atomic E-state index is 11.5. The lowest BCUT2D eigenvalue weighted by Crippen LogP contribution is -2.37. The third-order valence-corrected chi connectivity index (χ3v) is 3.15. The van der Waals surface area contributed by atoms with Gasteiger partial charge < -0.3 is 10.1 Å². The summed E-state index contributed by atoms with van der Waals surface area (Å²) in [5.41, 5.74) is 5.60. The molecular formula is C13H15N3O2. The Morgan fingerprint density at radius 3 is 3.17 bits per heavy atom.